The zero-order valence-corrected chi connectivity index (χ0v) is 19.2. The van der Waals surface area contributed by atoms with Gasteiger partial charge >= 0.3 is 0 Å². The van der Waals surface area contributed by atoms with E-state index >= 15 is 0 Å². The molecule has 1 atom stereocenters. The van der Waals surface area contributed by atoms with Gasteiger partial charge in [0.15, 0.2) is 6.61 Å². The highest BCUT2D eigenvalue weighted by Gasteiger charge is 2.28. The average Bonchev–Trinajstić information content (AvgIpc) is 3.25. The van der Waals surface area contributed by atoms with E-state index in [9.17, 15) is 9.59 Å². The third kappa shape index (κ3) is 6.33. The van der Waals surface area contributed by atoms with Crippen molar-refractivity contribution in [3.05, 3.63) is 64.1 Å². The maximum atomic E-state index is 13.0. The number of nitrogens with zero attached hydrogens (tertiary/aromatic N) is 1. The maximum absolute atomic E-state index is 13.0. The van der Waals surface area contributed by atoms with Crippen molar-refractivity contribution in [3.8, 4) is 5.75 Å². The Kier molecular flexibility index (Phi) is 7.91. The summed E-state index contributed by atoms with van der Waals surface area (Å²) in [6.45, 7) is 4.02. The first kappa shape index (κ1) is 22.3. The standard InChI is InChI=1S/C24H29BrN2O3/c1-17-7-13-22(14-8-17)30-16-23(28)27(15-19-9-11-20(25)12-10-19)18(2)24(29)26-21-5-3-4-6-21/h7-14,18,21H,3-6,15-16H2,1-2H3,(H,26,29). The second-order valence-corrected chi connectivity index (χ2v) is 8.83. The van der Waals surface area contributed by atoms with Crippen molar-refractivity contribution >= 4 is 27.7 Å². The first-order valence-electron chi connectivity index (χ1n) is 10.5. The molecule has 1 saturated carbocycles. The fourth-order valence-electron chi connectivity index (χ4n) is 3.62. The SMILES string of the molecule is Cc1ccc(OCC(=O)N(Cc2ccc(Br)cc2)C(C)C(=O)NC2CCCC2)cc1. The summed E-state index contributed by atoms with van der Waals surface area (Å²) < 4.78 is 6.66. The molecule has 0 radical (unpaired) electrons. The Morgan fingerprint density at radius 2 is 1.73 bits per heavy atom. The predicted molar refractivity (Wildman–Crippen MR) is 121 cm³/mol. The third-order valence-electron chi connectivity index (χ3n) is 5.52. The number of carbonyl (C=O) groups is 2. The lowest BCUT2D eigenvalue weighted by atomic mass is 10.1. The van der Waals surface area contributed by atoms with Crippen molar-refractivity contribution in [2.24, 2.45) is 0 Å². The van der Waals surface area contributed by atoms with Crippen LogP contribution in [0.25, 0.3) is 0 Å². The summed E-state index contributed by atoms with van der Waals surface area (Å²) in [6, 6.07) is 15.0. The second-order valence-electron chi connectivity index (χ2n) is 7.92. The minimum atomic E-state index is -0.580. The monoisotopic (exact) mass is 472 g/mol. The molecule has 1 unspecified atom stereocenters. The van der Waals surface area contributed by atoms with Crippen LogP contribution in [0.5, 0.6) is 5.75 Å². The first-order chi connectivity index (χ1) is 14.4. The number of hydrogen-bond donors (Lipinski definition) is 1. The molecule has 1 fully saturated rings. The molecule has 30 heavy (non-hydrogen) atoms. The molecule has 1 aliphatic carbocycles. The number of nitrogens with one attached hydrogen (secondary N) is 1. The molecule has 0 aromatic heterocycles. The maximum Gasteiger partial charge on any atom is 0.261 e. The van der Waals surface area contributed by atoms with Gasteiger partial charge in [0.25, 0.3) is 5.91 Å². The molecule has 2 aromatic rings. The summed E-state index contributed by atoms with van der Waals surface area (Å²) in [6.07, 6.45) is 4.31. The fourth-order valence-corrected chi connectivity index (χ4v) is 3.89. The Bertz CT molecular complexity index is 846. The largest absolute Gasteiger partial charge is 0.484 e. The lowest BCUT2D eigenvalue weighted by Gasteiger charge is -2.29. The minimum absolute atomic E-state index is 0.109. The zero-order chi connectivity index (χ0) is 21.5. The van der Waals surface area contributed by atoms with E-state index in [0.29, 0.717) is 12.3 Å². The van der Waals surface area contributed by atoms with E-state index in [0.717, 1.165) is 41.3 Å². The molecule has 160 valence electrons. The van der Waals surface area contributed by atoms with E-state index in [4.69, 9.17) is 4.74 Å². The van der Waals surface area contributed by atoms with E-state index in [1.54, 1.807) is 11.8 Å². The molecule has 3 rings (SSSR count). The smallest absolute Gasteiger partial charge is 0.261 e. The van der Waals surface area contributed by atoms with Crippen molar-refractivity contribution in [2.45, 2.75) is 58.2 Å². The van der Waals surface area contributed by atoms with E-state index < -0.39 is 6.04 Å². The molecule has 1 aliphatic rings. The Morgan fingerprint density at radius 1 is 1.10 bits per heavy atom. The van der Waals surface area contributed by atoms with Crippen LogP contribution < -0.4 is 10.1 Å². The summed E-state index contributed by atoms with van der Waals surface area (Å²) in [5.41, 5.74) is 2.09. The summed E-state index contributed by atoms with van der Waals surface area (Å²) in [7, 11) is 0. The summed E-state index contributed by atoms with van der Waals surface area (Å²) >= 11 is 3.43. The first-order valence-corrected chi connectivity index (χ1v) is 11.3. The van der Waals surface area contributed by atoms with Crippen molar-refractivity contribution in [2.75, 3.05) is 6.61 Å². The van der Waals surface area contributed by atoms with Gasteiger partial charge in [0, 0.05) is 17.1 Å². The van der Waals surface area contributed by atoms with Crippen LogP contribution in [-0.2, 0) is 16.1 Å². The molecule has 0 spiro atoms. The zero-order valence-electron chi connectivity index (χ0n) is 17.6. The Balaban J connectivity index is 1.69. The minimum Gasteiger partial charge on any atom is -0.484 e. The number of carbonyl (C=O) groups excluding carboxylic acids is 2. The quantitative estimate of drug-likeness (QED) is 0.609. The summed E-state index contributed by atoms with van der Waals surface area (Å²) in [5.74, 6) is 0.316. The topological polar surface area (TPSA) is 58.6 Å². The van der Waals surface area contributed by atoms with Crippen LogP contribution in [0.4, 0.5) is 0 Å². The van der Waals surface area contributed by atoms with Gasteiger partial charge in [-0.15, -0.1) is 0 Å². The molecule has 0 heterocycles. The van der Waals surface area contributed by atoms with E-state index in [1.807, 2.05) is 55.5 Å². The van der Waals surface area contributed by atoms with Gasteiger partial charge < -0.3 is 15.0 Å². The number of aryl methyl sites for hydroxylation is 1. The van der Waals surface area contributed by atoms with Crippen LogP contribution in [0.1, 0.15) is 43.7 Å². The number of ether oxygens (including phenoxy) is 1. The number of halogens is 1. The van der Waals surface area contributed by atoms with Gasteiger partial charge in [-0.3, -0.25) is 9.59 Å². The van der Waals surface area contributed by atoms with Gasteiger partial charge in [-0.2, -0.15) is 0 Å². The van der Waals surface area contributed by atoms with Gasteiger partial charge in [-0.1, -0.05) is 58.6 Å². The van der Waals surface area contributed by atoms with E-state index in [2.05, 4.69) is 21.2 Å². The van der Waals surface area contributed by atoms with Crippen LogP contribution in [0, 0.1) is 6.92 Å². The molecule has 0 aliphatic heterocycles. The third-order valence-corrected chi connectivity index (χ3v) is 6.05. The van der Waals surface area contributed by atoms with Crippen molar-refractivity contribution in [1.29, 1.82) is 0 Å². The van der Waals surface area contributed by atoms with Crippen molar-refractivity contribution in [1.82, 2.24) is 10.2 Å². The highest BCUT2D eigenvalue weighted by Crippen LogP contribution is 2.19. The lowest BCUT2D eigenvalue weighted by molar-refractivity contribution is -0.142. The van der Waals surface area contributed by atoms with Crippen LogP contribution in [0.15, 0.2) is 53.0 Å². The highest BCUT2D eigenvalue weighted by atomic mass is 79.9. The van der Waals surface area contributed by atoms with Gasteiger partial charge in [0.05, 0.1) is 0 Å². The molecule has 6 heteroatoms. The lowest BCUT2D eigenvalue weighted by Crippen LogP contribution is -2.50. The molecular weight excluding hydrogens is 444 g/mol. The van der Waals surface area contributed by atoms with Crippen LogP contribution in [0.2, 0.25) is 0 Å². The fraction of sp³-hybridized carbons (Fsp3) is 0.417. The number of hydrogen-bond acceptors (Lipinski definition) is 3. The van der Waals surface area contributed by atoms with Gasteiger partial charge in [0.2, 0.25) is 5.91 Å². The molecule has 2 aromatic carbocycles. The number of amides is 2. The highest BCUT2D eigenvalue weighted by molar-refractivity contribution is 9.10. The van der Waals surface area contributed by atoms with Crippen molar-refractivity contribution < 1.29 is 14.3 Å². The van der Waals surface area contributed by atoms with Crippen LogP contribution in [0.3, 0.4) is 0 Å². The summed E-state index contributed by atoms with van der Waals surface area (Å²) in [5, 5.41) is 3.11. The van der Waals surface area contributed by atoms with E-state index in [1.165, 1.54) is 0 Å². The van der Waals surface area contributed by atoms with E-state index in [-0.39, 0.29) is 24.5 Å². The molecule has 0 bridgehead atoms. The van der Waals surface area contributed by atoms with Gasteiger partial charge in [0.1, 0.15) is 11.8 Å². The predicted octanol–water partition coefficient (Wildman–Crippen LogP) is 4.61. The second kappa shape index (κ2) is 10.6. The average molecular weight is 473 g/mol. The number of rotatable bonds is 8. The normalized spacial score (nSPS) is 14.9. The Hall–Kier alpha value is -2.34. The molecule has 0 saturated heterocycles. The number of benzene rings is 2. The van der Waals surface area contributed by atoms with Crippen LogP contribution in [-0.4, -0.2) is 35.4 Å². The van der Waals surface area contributed by atoms with Crippen LogP contribution >= 0.6 is 15.9 Å². The molecule has 2 amide bonds. The van der Waals surface area contributed by atoms with Gasteiger partial charge in [-0.05, 0) is 56.5 Å². The summed E-state index contributed by atoms with van der Waals surface area (Å²) in [4.78, 5) is 27.5. The van der Waals surface area contributed by atoms with Gasteiger partial charge in [-0.25, -0.2) is 0 Å². The Morgan fingerprint density at radius 3 is 2.37 bits per heavy atom. The Labute approximate surface area is 186 Å². The molecule has 1 N–H and O–H groups in total. The molecule has 5 nitrogen and oxygen atoms in total. The van der Waals surface area contributed by atoms with Crippen molar-refractivity contribution in [3.63, 3.8) is 0 Å². The molecular formula is C24H29BrN2O3.